The molecule has 1 aliphatic carbocycles. The molecule has 3 N–H and O–H groups in total. The molecule has 1 aliphatic rings. The summed E-state index contributed by atoms with van der Waals surface area (Å²) in [5.74, 6) is -2.02. The zero-order chi connectivity index (χ0) is 23.4. The molecule has 0 bridgehead atoms. The zero-order valence-electron chi connectivity index (χ0n) is 17.3. The number of carbonyl (C=O) groups excluding carboxylic acids is 2. The molecule has 1 heterocycles. The van der Waals surface area contributed by atoms with Crippen LogP contribution in [-0.4, -0.2) is 40.7 Å². The zero-order valence-corrected chi connectivity index (χ0v) is 18.9. The van der Waals surface area contributed by atoms with Gasteiger partial charge in [-0.1, -0.05) is 60.1 Å². The number of hydrogen-bond donors (Lipinski definition) is 3. The number of nitrogens with one attached hydrogen (secondary N) is 2. The summed E-state index contributed by atoms with van der Waals surface area (Å²) < 4.78 is 5.75. The number of carbonyl (C=O) groups is 3. The number of aliphatic carboxylic acids is 1. The minimum absolute atomic E-state index is 0.0562. The van der Waals surface area contributed by atoms with Crippen LogP contribution in [0, 0.1) is 0 Å². The van der Waals surface area contributed by atoms with Crippen molar-refractivity contribution in [3.63, 3.8) is 0 Å². The van der Waals surface area contributed by atoms with Crippen LogP contribution >= 0.6 is 22.9 Å². The summed E-state index contributed by atoms with van der Waals surface area (Å²) in [6.45, 7) is 0.173. The number of fused-ring (bicyclic) bond motifs is 3. The van der Waals surface area contributed by atoms with E-state index in [4.69, 9.17) is 21.4 Å². The Hall–Kier alpha value is -3.43. The lowest BCUT2D eigenvalue weighted by atomic mass is 9.98. The first-order valence-electron chi connectivity index (χ1n) is 10.1. The SMILES string of the molecule is O=C(O)CC(NC(=O)OCC1c2ccccc2-c2ccccc21)C(=O)NCc1cnc(Cl)s1. The number of benzene rings is 2. The van der Waals surface area contributed by atoms with Crippen LogP contribution in [0.4, 0.5) is 4.79 Å². The van der Waals surface area contributed by atoms with Crippen molar-refractivity contribution >= 4 is 40.9 Å². The average molecular weight is 486 g/mol. The monoisotopic (exact) mass is 485 g/mol. The Morgan fingerprint density at radius 2 is 1.73 bits per heavy atom. The van der Waals surface area contributed by atoms with Crippen molar-refractivity contribution < 1.29 is 24.2 Å². The number of alkyl carbamates (subject to hydrolysis) is 1. The minimum Gasteiger partial charge on any atom is -0.481 e. The number of amides is 2. The number of rotatable bonds is 8. The second kappa shape index (κ2) is 10.0. The fourth-order valence-corrected chi connectivity index (χ4v) is 4.75. The lowest BCUT2D eigenvalue weighted by molar-refractivity contribution is -0.139. The van der Waals surface area contributed by atoms with Crippen molar-refractivity contribution in [3.05, 3.63) is 75.2 Å². The van der Waals surface area contributed by atoms with Crippen LogP contribution in [0.2, 0.25) is 4.47 Å². The third kappa shape index (κ3) is 5.32. The fourth-order valence-electron chi connectivity index (χ4n) is 3.83. The average Bonchev–Trinajstić information content (AvgIpc) is 3.36. The summed E-state index contributed by atoms with van der Waals surface area (Å²) in [6.07, 6.45) is 0.0666. The molecule has 170 valence electrons. The Labute approximate surface area is 198 Å². The smallest absolute Gasteiger partial charge is 0.407 e. The third-order valence-corrected chi connectivity index (χ3v) is 6.41. The predicted molar refractivity (Wildman–Crippen MR) is 123 cm³/mol. The van der Waals surface area contributed by atoms with Gasteiger partial charge in [-0.15, -0.1) is 11.3 Å². The van der Waals surface area contributed by atoms with E-state index < -0.39 is 30.4 Å². The number of ether oxygens (including phenoxy) is 1. The molecule has 3 aromatic rings. The van der Waals surface area contributed by atoms with E-state index in [9.17, 15) is 14.4 Å². The third-order valence-electron chi connectivity index (χ3n) is 5.29. The number of carboxylic acid groups (broad SMARTS) is 1. The van der Waals surface area contributed by atoms with Crippen molar-refractivity contribution in [2.45, 2.75) is 24.9 Å². The first-order valence-corrected chi connectivity index (χ1v) is 11.3. The summed E-state index contributed by atoms with van der Waals surface area (Å²) in [5.41, 5.74) is 4.28. The fraction of sp³-hybridized carbons (Fsp3) is 0.217. The molecule has 1 unspecified atom stereocenters. The molecule has 10 heteroatoms. The molecule has 8 nitrogen and oxygen atoms in total. The van der Waals surface area contributed by atoms with Gasteiger partial charge in [0, 0.05) is 17.0 Å². The molecular formula is C23H20ClN3O5S. The molecule has 0 aliphatic heterocycles. The van der Waals surface area contributed by atoms with E-state index in [1.54, 1.807) is 0 Å². The van der Waals surface area contributed by atoms with Crippen molar-refractivity contribution in [1.82, 2.24) is 15.6 Å². The van der Waals surface area contributed by atoms with Crippen LogP contribution in [0.3, 0.4) is 0 Å². The normalized spacial score (nSPS) is 13.0. The lowest BCUT2D eigenvalue weighted by Gasteiger charge is -2.18. The van der Waals surface area contributed by atoms with Gasteiger partial charge in [0.15, 0.2) is 4.47 Å². The molecule has 0 saturated carbocycles. The number of nitrogens with zero attached hydrogens (tertiary/aromatic N) is 1. The van der Waals surface area contributed by atoms with Crippen LogP contribution in [0.25, 0.3) is 11.1 Å². The Morgan fingerprint density at radius 3 is 2.30 bits per heavy atom. The summed E-state index contributed by atoms with van der Waals surface area (Å²) in [7, 11) is 0. The van der Waals surface area contributed by atoms with Crippen molar-refractivity contribution in [3.8, 4) is 11.1 Å². The number of hydrogen-bond acceptors (Lipinski definition) is 6. The number of aromatic nitrogens is 1. The van der Waals surface area contributed by atoms with E-state index in [1.165, 1.54) is 17.5 Å². The Balaban J connectivity index is 1.38. The number of thiazole rings is 1. The maximum Gasteiger partial charge on any atom is 0.407 e. The van der Waals surface area contributed by atoms with Crippen molar-refractivity contribution in [2.75, 3.05) is 6.61 Å². The van der Waals surface area contributed by atoms with Gasteiger partial charge in [0.25, 0.3) is 0 Å². The van der Waals surface area contributed by atoms with Gasteiger partial charge in [-0.2, -0.15) is 0 Å². The van der Waals surface area contributed by atoms with Crippen molar-refractivity contribution in [2.24, 2.45) is 0 Å². The highest BCUT2D eigenvalue weighted by Crippen LogP contribution is 2.44. The van der Waals surface area contributed by atoms with Gasteiger partial charge in [-0.3, -0.25) is 9.59 Å². The van der Waals surface area contributed by atoms with E-state index in [0.717, 1.165) is 22.3 Å². The maximum atomic E-state index is 12.5. The molecule has 0 spiro atoms. The molecule has 33 heavy (non-hydrogen) atoms. The van der Waals surface area contributed by atoms with Crippen LogP contribution in [0.15, 0.2) is 54.7 Å². The molecule has 0 fully saturated rings. The van der Waals surface area contributed by atoms with Gasteiger partial charge in [0.2, 0.25) is 5.91 Å². The maximum absolute atomic E-state index is 12.5. The van der Waals surface area contributed by atoms with Crippen LogP contribution in [-0.2, 0) is 20.9 Å². The van der Waals surface area contributed by atoms with E-state index >= 15 is 0 Å². The van der Waals surface area contributed by atoms with Crippen LogP contribution < -0.4 is 10.6 Å². The molecular weight excluding hydrogens is 466 g/mol. The van der Waals surface area contributed by atoms with Gasteiger partial charge in [0.1, 0.15) is 12.6 Å². The first-order chi connectivity index (χ1) is 15.9. The molecule has 0 radical (unpaired) electrons. The highest BCUT2D eigenvalue weighted by molar-refractivity contribution is 7.15. The standard InChI is InChI=1S/C23H20ClN3O5S/c24-22-26-11-13(33-22)10-25-21(30)19(9-20(28)29)27-23(31)32-12-18-16-7-3-1-5-14(16)15-6-2-4-8-17(15)18/h1-8,11,18-19H,9-10,12H2,(H,25,30)(H,27,31)(H,28,29). The Morgan fingerprint density at radius 1 is 1.09 bits per heavy atom. The highest BCUT2D eigenvalue weighted by Gasteiger charge is 2.30. The summed E-state index contributed by atoms with van der Waals surface area (Å²) in [6, 6.07) is 14.5. The predicted octanol–water partition coefficient (Wildman–Crippen LogP) is 3.79. The largest absolute Gasteiger partial charge is 0.481 e. The Bertz CT molecular complexity index is 1150. The second-order valence-corrected chi connectivity index (χ2v) is 9.11. The van der Waals surface area contributed by atoms with Crippen molar-refractivity contribution in [1.29, 1.82) is 0 Å². The Kier molecular flexibility index (Phi) is 6.90. The molecule has 1 atom stereocenters. The molecule has 2 amide bonds. The summed E-state index contributed by atoms with van der Waals surface area (Å²) in [5, 5.41) is 14.1. The van der Waals surface area contributed by atoms with E-state index in [0.29, 0.717) is 9.34 Å². The summed E-state index contributed by atoms with van der Waals surface area (Å²) >= 11 is 6.96. The first kappa shape index (κ1) is 22.8. The second-order valence-electron chi connectivity index (χ2n) is 7.42. The van der Waals surface area contributed by atoms with Crippen LogP contribution in [0.1, 0.15) is 28.3 Å². The van der Waals surface area contributed by atoms with E-state index in [-0.39, 0.29) is 19.1 Å². The highest BCUT2D eigenvalue weighted by atomic mass is 35.5. The quantitative estimate of drug-likeness (QED) is 0.446. The van der Waals surface area contributed by atoms with Gasteiger partial charge in [0.05, 0.1) is 13.0 Å². The van der Waals surface area contributed by atoms with E-state index in [2.05, 4.69) is 15.6 Å². The molecule has 4 rings (SSSR count). The van der Waals surface area contributed by atoms with Gasteiger partial charge in [-0.05, 0) is 22.3 Å². The number of halogens is 1. The van der Waals surface area contributed by atoms with Gasteiger partial charge < -0.3 is 20.5 Å². The summed E-state index contributed by atoms with van der Waals surface area (Å²) in [4.78, 5) is 40.7. The topological polar surface area (TPSA) is 118 Å². The minimum atomic E-state index is -1.29. The van der Waals surface area contributed by atoms with Crippen LogP contribution in [0.5, 0.6) is 0 Å². The van der Waals surface area contributed by atoms with Gasteiger partial charge in [-0.25, -0.2) is 9.78 Å². The molecule has 0 saturated heterocycles. The lowest BCUT2D eigenvalue weighted by Crippen LogP contribution is -2.47. The van der Waals surface area contributed by atoms with E-state index in [1.807, 2.05) is 48.5 Å². The number of carboxylic acids is 1. The molecule has 2 aromatic carbocycles. The molecule has 1 aromatic heterocycles. The van der Waals surface area contributed by atoms with Gasteiger partial charge >= 0.3 is 12.1 Å².